The van der Waals surface area contributed by atoms with Crippen LogP contribution in [0.4, 0.5) is 17.1 Å². The SMILES string of the molecule is c1ccc(-c2nc(-c3ccccc3)nc(-c3ccc(-c4ccc(N(c5ccccc5)c5ccc(-c6nc7ccccn7c6-c6ccccc6)cc5)cc4)cc3)n2)cc1. The smallest absolute Gasteiger partial charge is 0.164 e. The van der Waals surface area contributed by atoms with Gasteiger partial charge in [-0.3, -0.25) is 4.40 Å². The molecule has 0 atom stereocenters. The second-order valence-electron chi connectivity index (χ2n) is 14.0. The summed E-state index contributed by atoms with van der Waals surface area (Å²) in [7, 11) is 0. The van der Waals surface area contributed by atoms with Crippen molar-refractivity contribution < 1.29 is 0 Å². The average molecular weight is 745 g/mol. The summed E-state index contributed by atoms with van der Waals surface area (Å²) >= 11 is 0. The zero-order chi connectivity index (χ0) is 38.7. The topological polar surface area (TPSA) is 59.2 Å². The van der Waals surface area contributed by atoms with Crippen molar-refractivity contribution in [2.24, 2.45) is 0 Å². The van der Waals surface area contributed by atoms with E-state index in [9.17, 15) is 0 Å². The Labute approximate surface area is 337 Å². The molecule has 0 saturated carbocycles. The van der Waals surface area contributed by atoms with Crippen LogP contribution in [0.25, 0.3) is 73.5 Å². The molecule has 0 fully saturated rings. The molecule has 10 rings (SSSR count). The van der Waals surface area contributed by atoms with Crippen molar-refractivity contribution in [2.45, 2.75) is 0 Å². The van der Waals surface area contributed by atoms with Crippen LogP contribution in [0.3, 0.4) is 0 Å². The molecule has 58 heavy (non-hydrogen) atoms. The third-order valence-corrected chi connectivity index (χ3v) is 10.3. The predicted octanol–water partition coefficient (Wildman–Crippen LogP) is 13.0. The second kappa shape index (κ2) is 15.3. The Kier molecular flexibility index (Phi) is 9.10. The van der Waals surface area contributed by atoms with E-state index in [1.165, 1.54) is 0 Å². The van der Waals surface area contributed by atoms with Crippen molar-refractivity contribution in [3.8, 4) is 67.8 Å². The van der Waals surface area contributed by atoms with E-state index in [1.54, 1.807) is 0 Å². The molecule has 10 aromatic rings. The van der Waals surface area contributed by atoms with Gasteiger partial charge in [-0.25, -0.2) is 19.9 Å². The minimum absolute atomic E-state index is 0.636. The van der Waals surface area contributed by atoms with Crippen LogP contribution in [0.15, 0.2) is 219 Å². The van der Waals surface area contributed by atoms with E-state index in [2.05, 4.69) is 143 Å². The fourth-order valence-corrected chi connectivity index (χ4v) is 7.41. The standard InChI is InChI=1S/C52H36N6/c1-5-15-40(16-6-1)49-48(53-47-23-13-14-36-57(47)49)39-30-34-46(35-31-39)58(44-21-11-4-12-22-44)45-32-28-38(29-33-45)37-24-26-43(27-25-37)52-55-50(41-17-7-2-8-18-41)54-51(56-52)42-19-9-3-10-20-42/h1-36H. The molecular formula is C52H36N6. The van der Waals surface area contributed by atoms with Crippen LogP contribution in [0.5, 0.6) is 0 Å². The molecule has 0 radical (unpaired) electrons. The Morgan fingerprint density at radius 1 is 0.293 bits per heavy atom. The number of imidazole rings is 1. The van der Waals surface area contributed by atoms with E-state index in [-0.39, 0.29) is 0 Å². The number of nitrogens with zero attached hydrogens (tertiary/aromatic N) is 6. The van der Waals surface area contributed by atoms with Gasteiger partial charge in [0.05, 0.1) is 11.4 Å². The van der Waals surface area contributed by atoms with Gasteiger partial charge in [0.1, 0.15) is 5.65 Å². The van der Waals surface area contributed by atoms with Gasteiger partial charge in [-0.05, 0) is 59.7 Å². The van der Waals surface area contributed by atoms with Crippen LogP contribution in [-0.4, -0.2) is 24.3 Å². The Bertz CT molecular complexity index is 2890. The summed E-state index contributed by atoms with van der Waals surface area (Å²) in [5, 5.41) is 0. The van der Waals surface area contributed by atoms with Crippen LogP contribution in [0.1, 0.15) is 0 Å². The van der Waals surface area contributed by atoms with Gasteiger partial charge in [-0.15, -0.1) is 0 Å². The van der Waals surface area contributed by atoms with E-state index in [4.69, 9.17) is 19.9 Å². The van der Waals surface area contributed by atoms with Crippen molar-refractivity contribution in [1.82, 2.24) is 24.3 Å². The number of aromatic nitrogens is 5. The Balaban J connectivity index is 0.958. The molecule has 0 aliphatic rings. The third kappa shape index (κ3) is 6.80. The Morgan fingerprint density at radius 3 is 1.19 bits per heavy atom. The van der Waals surface area contributed by atoms with E-state index < -0.39 is 0 Å². The summed E-state index contributed by atoms with van der Waals surface area (Å²) < 4.78 is 2.17. The van der Waals surface area contributed by atoms with Gasteiger partial charge in [-0.2, -0.15) is 0 Å². The fourth-order valence-electron chi connectivity index (χ4n) is 7.41. The first kappa shape index (κ1) is 34.5. The molecule has 0 aliphatic carbocycles. The summed E-state index contributed by atoms with van der Waals surface area (Å²) in [6.07, 6.45) is 2.08. The number of hydrogen-bond donors (Lipinski definition) is 0. The zero-order valence-corrected chi connectivity index (χ0v) is 31.5. The molecule has 7 aromatic carbocycles. The summed E-state index contributed by atoms with van der Waals surface area (Å²) in [6.45, 7) is 0. The maximum atomic E-state index is 5.08. The highest BCUT2D eigenvalue weighted by molar-refractivity contribution is 5.84. The summed E-state index contributed by atoms with van der Waals surface area (Å²) in [4.78, 5) is 22.0. The second-order valence-corrected chi connectivity index (χ2v) is 14.0. The van der Waals surface area contributed by atoms with Crippen molar-refractivity contribution in [3.05, 3.63) is 219 Å². The molecule has 3 heterocycles. The molecule has 3 aromatic heterocycles. The maximum Gasteiger partial charge on any atom is 0.164 e. The molecule has 6 nitrogen and oxygen atoms in total. The first-order valence-corrected chi connectivity index (χ1v) is 19.3. The number of benzene rings is 7. The van der Waals surface area contributed by atoms with Crippen molar-refractivity contribution in [1.29, 1.82) is 0 Å². The van der Waals surface area contributed by atoms with Crippen molar-refractivity contribution in [3.63, 3.8) is 0 Å². The highest BCUT2D eigenvalue weighted by atomic mass is 15.1. The lowest BCUT2D eigenvalue weighted by molar-refractivity contribution is 1.07. The normalized spacial score (nSPS) is 11.1. The number of hydrogen-bond acceptors (Lipinski definition) is 5. The van der Waals surface area contributed by atoms with Crippen LogP contribution < -0.4 is 4.90 Å². The predicted molar refractivity (Wildman–Crippen MR) is 236 cm³/mol. The molecule has 274 valence electrons. The summed E-state index contributed by atoms with van der Waals surface area (Å²) in [5.74, 6) is 1.93. The van der Waals surface area contributed by atoms with Gasteiger partial charge in [0.25, 0.3) is 0 Å². The third-order valence-electron chi connectivity index (χ3n) is 10.3. The summed E-state index contributed by atoms with van der Waals surface area (Å²) in [5.41, 5.74) is 13.4. The fraction of sp³-hybridized carbons (Fsp3) is 0. The quantitative estimate of drug-likeness (QED) is 0.147. The van der Waals surface area contributed by atoms with Crippen molar-refractivity contribution in [2.75, 3.05) is 4.90 Å². The van der Waals surface area contributed by atoms with E-state index >= 15 is 0 Å². The first-order chi connectivity index (χ1) is 28.7. The van der Waals surface area contributed by atoms with Gasteiger partial charge in [0.15, 0.2) is 17.5 Å². The lowest BCUT2D eigenvalue weighted by Crippen LogP contribution is -2.09. The molecule has 0 saturated heterocycles. The zero-order valence-electron chi connectivity index (χ0n) is 31.5. The number of rotatable bonds is 9. The van der Waals surface area contributed by atoms with E-state index in [0.29, 0.717) is 17.5 Å². The lowest BCUT2D eigenvalue weighted by atomic mass is 10.0. The number of pyridine rings is 1. The van der Waals surface area contributed by atoms with E-state index in [1.807, 2.05) is 84.9 Å². The molecule has 0 bridgehead atoms. The van der Waals surface area contributed by atoms with E-state index in [0.717, 1.165) is 73.0 Å². The van der Waals surface area contributed by atoms with Crippen LogP contribution >= 0.6 is 0 Å². The Morgan fingerprint density at radius 2 is 0.672 bits per heavy atom. The van der Waals surface area contributed by atoms with Gasteiger partial charge in [-0.1, -0.05) is 164 Å². The molecular weight excluding hydrogens is 709 g/mol. The van der Waals surface area contributed by atoms with Gasteiger partial charge < -0.3 is 4.90 Å². The van der Waals surface area contributed by atoms with Crippen molar-refractivity contribution >= 4 is 22.7 Å². The minimum Gasteiger partial charge on any atom is -0.311 e. The maximum absolute atomic E-state index is 5.08. The van der Waals surface area contributed by atoms with Crippen LogP contribution in [0.2, 0.25) is 0 Å². The molecule has 0 aliphatic heterocycles. The summed E-state index contributed by atoms with van der Waals surface area (Å²) in [6, 6.07) is 73.1. The molecule has 6 heteroatoms. The van der Waals surface area contributed by atoms with Crippen LogP contribution in [-0.2, 0) is 0 Å². The highest BCUT2D eigenvalue weighted by Crippen LogP contribution is 2.39. The largest absolute Gasteiger partial charge is 0.311 e. The van der Waals surface area contributed by atoms with Gasteiger partial charge in [0, 0.05) is 51.1 Å². The number of anilines is 3. The molecule has 0 amide bonds. The molecule has 0 N–H and O–H groups in total. The number of para-hydroxylation sites is 1. The average Bonchev–Trinajstić information content (AvgIpc) is 3.71. The molecule has 0 unspecified atom stereocenters. The lowest BCUT2D eigenvalue weighted by Gasteiger charge is -2.26. The highest BCUT2D eigenvalue weighted by Gasteiger charge is 2.18. The Hall–Kier alpha value is -7.96. The van der Waals surface area contributed by atoms with Gasteiger partial charge >= 0.3 is 0 Å². The van der Waals surface area contributed by atoms with Gasteiger partial charge in [0.2, 0.25) is 0 Å². The monoisotopic (exact) mass is 744 g/mol. The van der Waals surface area contributed by atoms with Crippen LogP contribution in [0, 0.1) is 0 Å². The minimum atomic E-state index is 0.636. The first-order valence-electron chi connectivity index (χ1n) is 19.3. The number of fused-ring (bicyclic) bond motifs is 1. The molecule has 0 spiro atoms.